The number of rotatable bonds is 6. The Bertz CT molecular complexity index is 1120. The molecule has 6 nitrogen and oxygen atoms in total. The maximum Gasteiger partial charge on any atom is 0.323 e. The highest BCUT2D eigenvalue weighted by molar-refractivity contribution is 6.42. The number of carbonyl (C=O) groups excluding carboxylic acids is 1. The number of halogens is 2. The van der Waals surface area contributed by atoms with Crippen molar-refractivity contribution in [1.82, 2.24) is 4.90 Å². The minimum absolute atomic E-state index is 0.297. The van der Waals surface area contributed by atoms with Crippen molar-refractivity contribution in [3.8, 4) is 5.75 Å². The van der Waals surface area contributed by atoms with Crippen LogP contribution in [0, 0.1) is 0 Å². The summed E-state index contributed by atoms with van der Waals surface area (Å²) in [4.78, 5) is 17.3. The number of hydrogen-bond acceptors (Lipinski definition) is 4. The van der Waals surface area contributed by atoms with Crippen molar-refractivity contribution in [3.63, 3.8) is 0 Å². The van der Waals surface area contributed by atoms with Crippen molar-refractivity contribution >= 4 is 46.3 Å². The first-order chi connectivity index (χ1) is 16.0. The molecule has 1 fully saturated rings. The molecule has 0 saturated carbocycles. The molecule has 3 aromatic rings. The Labute approximate surface area is 204 Å². The Hall–Kier alpha value is -2.93. The lowest BCUT2D eigenvalue weighted by atomic mass is 10.1. The third-order valence-electron chi connectivity index (χ3n) is 5.58. The molecule has 8 heteroatoms. The van der Waals surface area contributed by atoms with Crippen LogP contribution in [0.4, 0.5) is 21.9 Å². The Morgan fingerprint density at radius 2 is 1.70 bits per heavy atom. The number of ether oxygens (including phenoxy) is 1. The van der Waals surface area contributed by atoms with Gasteiger partial charge in [0.2, 0.25) is 0 Å². The molecule has 4 rings (SSSR count). The molecule has 0 atom stereocenters. The molecule has 172 valence electrons. The summed E-state index contributed by atoms with van der Waals surface area (Å²) < 4.78 is 5.22. The molecule has 1 aliphatic heterocycles. The predicted molar refractivity (Wildman–Crippen MR) is 136 cm³/mol. The second-order valence-electron chi connectivity index (χ2n) is 7.84. The van der Waals surface area contributed by atoms with Crippen molar-refractivity contribution in [1.29, 1.82) is 0 Å². The van der Waals surface area contributed by atoms with Gasteiger partial charge in [0, 0.05) is 44.5 Å². The number of anilines is 3. The van der Waals surface area contributed by atoms with Gasteiger partial charge in [-0.2, -0.15) is 0 Å². The molecular weight excluding hydrogens is 459 g/mol. The van der Waals surface area contributed by atoms with Crippen LogP contribution in [-0.4, -0.2) is 44.2 Å². The van der Waals surface area contributed by atoms with E-state index in [4.69, 9.17) is 27.9 Å². The van der Waals surface area contributed by atoms with Gasteiger partial charge in [0.1, 0.15) is 5.75 Å². The molecule has 3 aromatic carbocycles. The van der Waals surface area contributed by atoms with Gasteiger partial charge >= 0.3 is 6.03 Å². The van der Waals surface area contributed by atoms with E-state index < -0.39 is 0 Å². The number of nitrogens with zero attached hydrogens (tertiary/aromatic N) is 2. The Kier molecular flexibility index (Phi) is 7.60. The van der Waals surface area contributed by atoms with Crippen LogP contribution >= 0.6 is 23.2 Å². The van der Waals surface area contributed by atoms with Gasteiger partial charge < -0.3 is 20.3 Å². The van der Waals surface area contributed by atoms with Gasteiger partial charge in [0.15, 0.2) is 0 Å². The lowest BCUT2D eigenvalue weighted by molar-refractivity contribution is 0.250. The third-order valence-corrected chi connectivity index (χ3v) is 6.32. The average Bonchev–Trinajstić information content (AvgIpc) is 2.82. The summed E-state index contributed by atoms with van der Waals surface area (Å²) in [6.45, 7) is 4.36. The summed E-state index contributed by atoms with van der Waals surface area (Å²) in [5.74, 6) is 0.687. The van der Waals surface area contributed by atoms with Crippen LogP contribution in [0.5, 0.6) is 5.75 Å². The Balaban J connectivity index is 1.36. The van der Waals surface area contributed by atoms with Crippen LogP contribution in [0.2, 0.25) is 10.0 Å². The summed E-state index contributed by atoms with van der Waals surface area (Å²) in [5.41, 5.74) is 3.60. The molecule has 0 spiro atoms. The highest BCUT2D eigenvalue weighted by Gasteiger charge is 2.20. The van der Waals surface area contributed by atoms with Gasteiger partial charge in [-0.1, -0.05) is 47.5 Å². The van der Waals surface area contributed by atoms with Gasteiger partial charge in [0.05, 0.1) is 28.5 Å². The highest BCUT2D eigenvalue weighted by atomic mass is 35.5. The van der Waals surface area contributed by atoms with E-state index in [1.165, 1.54) is 0 Å². The number of hydrogen-bond donors (Lipinski definition) is 2. The van der Waals surface area contributed by atoms with Crippen molar-refractivity contribution < 1.29 is 9.53 Å². The standard InChI is InChI=1S/C25H26Cl2N4O2/c1-33-20-6-4-5-19(16-20)28-25(32)29-23-7-2-3-8-24(23)31-13-11-30(12-14-31)17-18-9-10-21(26)22(27)15-18/h2-10,15-16H,11-14,17H2,1H3,(H2,28,29,32). The first-order valence-electron chi connectivity index (χ1n) is 10.7. The zero-order chi connectivity index (χ0) is 23.2. The van der Waals surface area contributed by atoms with E-state index in [1.807, 2.05) is 60.7 Å². The summed E-state index contributed by atoms with van der Waals surface area (Å²) in [5, 5.41) is 7.00. The normalized spacial score (nSPS) is 14.1. The summed E-state index contributed by atoms with van der Waals surface area (Å²) in [7, 11) is 1.60. The second-order valence-corrected chi connectivity index (χ2v) is 8.65. The molecule has 33 heavy (non-hydrogen) atoms. The molecule has 1 saturated heterocycles. The quantitative estimate of drug-likeness (QED) is 0.452. The van der Waals surface area contributed by atoms with Crippen LogP contribution < -0.4 is 20.3 Å². The zero-order valence-corrected chi connectivity index (χ0v) is 19.9. The first-order valence-corrected chi connectivity index (χ1v) is 11.5. The fourth-order valence-corrected chi connectivity index (χ4v) is 4.20. The number of piperazine rings is 1. The van der Waals surface area contributed by atoms with Gasteiger partial charge in [0.25, 0.3) is 0 Å². The number of para-hydroxylation sites is 2. The molecule has 1 aliphatic rings. The highest BCUT2D eigenvalue weighted by Crippen LogP contribution is 2.28. The maximum absolute atomic E-state index is 12.6. The lowest BCUT2D eigenvalue weighted by Crippen LogP contribution is -2.46. The van der Waals surface area contributed by atoms with Crippen LogP contribution in [0.1, 0.15) is 5.56 Å². The van der Waals surface area contributed by atoms with E-state index in [0.717, 1.165) is 49.7 Å². The minimum atomic E-state index is -0.297. The lowest BCUT2D eigenvalue weighted by Gasteiger charge is -2.37. The van der Waals surface area contributed by atoms with Gasteiger partial charge in [-0.25, -0.2) is 4.79 Å². The molecule has 0 aliphatic carbocycles. The maximum atomic E-state index is 12.6. The fourth-order valence-electron chi connectivity index (χ4n) is 3.88. The minimum Gasteiger partial charge on any atom is -0.497 e. The van der Waals surface area contributed by atoms with Crippen LogP contribution in [0.15, 0.2) is 66.7 Å². The number of urea groups is 1. The van der Waals surface area contributed by atoms with Crippen molar-refractivity contribution in [2.24, 2.45) is 0 Å². The molecule has 1 heterocycles. The van der Waals surface area contributed by atoms with Crippen LogP contribution in [-0.2, 0) is 6.54 Å². The number of nitrogens with one attached hydrogen (secondary N) is 2. The van der Waals surface area contributed by atoms with Crippen molar-refractivity contribution in [3.05, 3.63) is 82.3 Å². The van der Waals surface area contributed by atoms with E-state index in [-0.39, 0.29) is 6.03 Å². The largest absolute Gasteiger partial charge is 0.497 e. The topological polar surface area (TPSA) is 56.8 Å². The second kappa shape index (κ2) is 10.8. The first kappa shape index (κ1) is 23.2. The van der Waals surface area contributed by atoms with E-state index in [2.05, 4.69) is 20.4 Å². The fraction of sp³-hybridized carbons (Fsp3) is 0.240. The number of methoxy groups -OCH3 is 1. The van der Waals surface area contributed by atoms with Crippen molar-refractivity contribution in [2.45, 2.75) is 6.54 Å². The molecule has 0 unspecified atom stereocenters. The molecular formula is C25H26Cl2N4O2. The van der Waals surface area contributed by atoms with Crippen LogP contribution in [0.3, 0.4) is 0 Å². The summed E-state index contributed by atoms with van der Waals surface area (Å²) in [6.07, 6.45) is 0. The number of benzene rings is 3. The van der Waals surface area contributed by atoms with E-state index in [1.54, 1.807) is 13.2 Å². The van der Waals surface area contributed by atoms with E-state index in [9.17, 15) is 4.79 Å². The van der Waals surface area contributed by atoms with E-state index >= 15 is 0 Å². The Morgan fingerprint density at radius 1 is 0.909 bits per heavy atom. The van der Waals surface area contributed by atoms with Gasteiger partial charge in [-0.15, -0.1) is 0 Å². The average molecular weight is 485 g/mol. The van der Waals surface area contributed by atoms with E-state index in [0.29, 0.717) is 21.5 Å². The third kappa shape index (κ3) is 6.11. The smallest absolute Gasteiger partial charge is 0.323 e. The number of carbonyl (C=O) groups is 1. The Morgan fingerprint density at radius 3 is 2.45 bits per heavy atom. The van der Waals surface area contributed by atoms with Crippen LogP contribution in [0.25, 0.3) is 0 Å². The molecule has 2 N–H and O–H groups in total. The zero-order valence-electron chi connectivity index (χ0n) is 18.4. The molecule has 0 aromatic heterocycles. The molecule has 2 amide bonds. The molecule has 0 radical (unpaired) electrons. The predicted octanol–water partition coefficient (Wildman–Crippen LogP) is 5.97. The summed E-state index contributed by atoms with van der Waals surface area (Å²) >= 11 is 12.2. The number of amides is 2. The molecule has 0 bridgehead atoms. The summed E-state index contributed by atoms with van der Waals surface area (Å²) in [6, 6.07) is 20.6. The van der Waals surface area contributed by atoms with Gasteiger partial charge in [-0.05, 0) is 42.0 Å². The van der Waals surface area contributed by atoms with Crippen molar-refractivity contribution in [2.75, 3.05) is 48.8 Å². The van der Waals surface area contributed by atoms with Gasteiger partial charge in [-0.3, -0.25) is 4.90 Å². The monoisotopic (exact) mass is 484 g/mol. The SMILES string of the molecule is COc1cccc(NC(=O)Nc2ccccc2N2CCN(Cc3ccc(Cl)c(Cl)c3)CC2)c1.